The fourth-order valence-electron chi connectivity index (χ4n) is 1.01. The van der Waals surface area contributed by atoms with Gasteiger partial charge in [-0.3, -0.25) is 4.98 Å². The van der Waals surface area contributed by atoms with Crippen LogP contribution >= 0.6 is 11.8 Å². The maximum Gasteiger partial charge on any atom is 0.0822 e. The van der Waals surface area contributed by atoms with Crippen LogP contribution in [0.25, 0.3) is 0 Å². The number of pyridine rings is 1. The van der Waals surface area contributed by atoms with Crippen LogP contribution in [0.3, 0.4) is 0 Å². The molecule has 0 N–H and O–H groups in total. The Bertz CT molecular complexity index is 215. The molecule has 1 aromatic heterocycles. The minimum absolute atomic E-state index is 0.0694. The molecular formula is C10H14NOS. The van der Waals surface area contributed by atoms with Crippen molar-refractivity contribution in [2.24, 2.45) is 0 Å². The molecule has 0 atom stereocenters. The summed E-state index contributed by atoms with van der Waals surface area (Å²) in [6.07, 6.45) is 6.62. The third kappa shape index (κ3) is 4.90. The first-order chi connectivity index (χ1) is 6.43. The molecule has 0 amide bonds. The number of rotatable bonds is 6. The van der Waals surface area contributed by atoms with Crippen molar-refractivity contribution in [2.75, 3.05) is 12.4 Å². The van der Waals surface area contributed by atoms with E-state index in [9.17, 15) is 5.11 Å². The fourth-order valence-corrected chi connectivity index (χ4v) is 1.90. The quantitative estimate of drug-likeness (QED) is 0.517. The van der Waals surface area contributed by atoms with Gasteiger partial charge in [0.2, 0.25) is 0 Å². The van der Waals surface area contributed by atoms with Crippen molar-refractivity contribution in [3.05, 3.63) is 24.5 Å². The van der Waals surface area contributed by atoms with Crippen molar-refractivity contribution in [3.8, 4) is 0 Å². The van der Waals surface area contributed by atoms with E-state index in [0.29, 0.717) is 0 Å². The summed E-state index contributed by atoms with van der Waals surface area (Å²) in [6, 6.07) is 4.02. The Hall–Kier alpha value is -0.540. The zero-order chi connectivity index (χ0) is 9.36. The average molecular weight is 196 g/mol. The molecule has 0 unspecified atom stereocenters. The molecule has 3 heteroatoms. The van der Waals surface area contributed by atoms with Crippen LogP contribution in [0.15, 0.2) is 29.4 Å². The Morgan fingerprint density at radius 2 is 1.92 bits per heavy atom. The highest BCUT2D eigenvalue weighted by atomic mass is 32.2. The number of hydrogen-bond donors (Lipinski definition) is 0. The minimum atomic E-state index is 0.0694. The van der Waals surface area contributed by atoms with Crippen molar-refractivity contribution in [3.63, 3.8) is 0 Å². The third-order valence-corrected chi connectivity index (χ3v) is 2.81. The summed E-state index contributed by atoms with van der Waals surface area (Å²) < 4.78 is 0. The van der Waals surface area contributed by atoms with E-state index in [0.717, 1.165) is 25.0 Å². The highest BCUT2D eigenvalue weighted by molar-refractivity contribution is 7.99. The van der Waals surface area contributed by atoms with Crippen LogP contribution in [0.5, 0.6) is 0 Å². The number of unbranched alkanes of at least 4 members (excludes halogenated alkanes) is 2. The predicted octanol–water partition coefficient (Wildman–Crippen LogP) is 2.77. The number of nitrogens with zero attached hydrogens (tertiary/aromatic N) is 1. The lowest BCUT2D eigenvalue weighted by Gasteiger charge is -1.99. The second kappa shape index (κ2) is 6.92. The van der Waals surface area contributed by atoms with E-state index < -0.39 is 0 Å². The van der Waals surface area contributed by atoms with Gasteiger partial charge in [-0.1, -0.05) is 6.42 Å². The van der Waals surface area contributed by atoms with Crippen LogP contribution < -0.4 is 0 Å². The summed E-state index contributed by atoms with van der Waals surface area (Å²) in [7, 11) is 0. The Kier molecular flexibility index (Phi) is 5.61. The summed E-state index contributed by atoms with van der Waals surface area (Å²) in [4.78, 5) is 5.21. The van der Waals surface area contributed by atoms with Crippen LogP contribution in [0.4, 0.5) is 0 Å². The van der Waals surface area contributed by atoms with Gasteiger partial charge in [0.05, 0.1) is 6.61 Å². The Morgan fingerprint density at radius 1 is 1.15 bits per heavy atom. The molecule has 13 heavy (non-hydrogen) atoms. The summed E-state index contributed by atoms with van der Waals surface area (Å²) in [6.45, 7) is 0.0694. The lowest BCUT2D eigenvalue weighted by molar-refractivity contribution is 0.186. The van der Waals surface area contributed by atoms with Crippen molar-refractivity contribution < 1.29 is 5.11 Å². The third-order valence-electron chi connectivity index (χ3n) is 1.71. The summed E-state index contributed by atoms with van der Waals surface area (Å²) in [5.41, 5.74) is 0. The number of hydrogen-bond acceptors (Lipinski definition) is 2. The van der Waals surface area contributed by atoms with E-state index in [1.807, 2.05) is 23.9 Å². The molecule has 0 fully saturated rings. The first-order valence-corrected chi connectivity index (χ1v) is 5.53. The van der Waals surface area contributed by atoms with E-state index in [4.69, 9.17) is 0 Å². The normalized spacial score (nSPS) is 10.2. The molecule has 0 aliphatic carbocycles. The van der Waals surface area contributed by atoms with Gasteiger partial charge in [-0.25, -0.2) is 5.11 Å². The van der Waals surface area contributed by atoms with Gasteiger partial charge in [-0.15, -0.1) is 11.8 Å². The van der Waals surface area contributed by atoms with Crippen molar-refractivity contribution in [1.29, 1.82) is 0 Å². The standard InChI is InChI=1S/C10H14NOS/c12-8-2-1-3-9-13-10-4-6-11-7-5-10/h4-7H,1-3,8-9H2. The molecule has 0 spiro atoms. The van der Waals surface area contributed by atoms with E-state index in [-0.39, 0.29) is 6.61 Å². The number of thioether (sulfide) groups is 1. The molecule has 1 radical (unpaired) electrons. The molecule has 1 aromatic rings. The highest BCUT2D eigenvalue weighted by Gasteiger charge is 1.92. The van der Waals surface area contributed by atoms with E-state index in [1.165, 1.54) is 4.90 Å². The van der Waals surface area contributed by atoms with Gasteiger partial charge in [-0.05, 0) is 30.7 Å². The Morgan fingerprint density at radius 3 is 2.62 bits per heavy atom. The molecule has 0 aromatic carbocycles. The molecule has 0 aliphatic heterocycles. The summed E-state index contributed by atoms with van der Waals surface area (Å²) in [5.74, 6) is 1.10. The zero-order valence-electron chi connectivity index (χ0n) is 7.61. The maximum atomic E-state index is 10.1. The zero-order valence-corrected chi connectivity index (χ0v) is 8.43. The second-order valence-corrected chi connectivity index (χ2v) is 3.96. The Labute approximate surface area is 83.4 Å². The predicted molar refractivity (Wildman–Crippen MR) is 54.4 cm³/mol. The monoisotopic (exact) mass is 196 g/mol. The molecule has 0 bridgehead atoms. The number of aromatic nitrogens is 1. The molecule has 1 heterocycles. The van der Waals surface area contributed by atoms with E-state index >= 15 is 0 Å². The lowest BCUT2D eigenvalue weighted by Crippen LogP contribution is -1.84. The average Bonchev–Trinajstić information content (AvgIpc) is 2.19. The lowest BCUT2D eigenvalue weighted by atomic mass is 10.3. The molecule has 0 saturated carbocycles. The van der Waals surface area contributed by atoms with Gasteiger partial charge in [0.25, 0.3) is 0 Å². The SMILES string of the molecule is [O]CCCCCSc1ccncc1. The topological polar surface area (TPSA) is 32.8 Å². The van der Waals surface area contributed by atoms with Gasteiger partial charge >= 0.3 is 0 Å². The van der Waals surface area contributed by atoms with Gasteiger partial charge in [0.15, 0.2) is 0 Å². The van der Waals surface area contributed by atoms with Gasteiger partial charge in [0.1, 0.15) is 0 Å². The highest BCUT2D eigenvalue weighted by Crippen LogP contribution is 2.17. The molecule has 71 valence electrons. The van der Waals surface area contributed by atoms with Gasteiger partial charge in [-0.2, -0.15) is 0 Å². The Balaban J connectivity index is 2.07. The first kappa shape index (κ1) is 10.5. The largest absolute Gasteiger partial charge is 0.265 e. The van der Waals surface area contributed by atoms with Crippen molar-refractivity contribution >= 4 is 11.8 Å². The van der Waals surface area contributed by atoms with Crippen LogP contribution in [0.2, 0.25) is 0 Å². The minimum Gasteiger partial charge on any atom is -0.265 e. The van der Waals surface area contributed by atoms with Crippen LogP contribution in [0.1, 0.15) is 19.3 Å². The molecule has 2 nitrogen and oxygen atoms in total. The smallest absolute Gasteiger partial charge is 0.0822 e. The van der Waals surface area contributed by atoms with Crippen molar-refractivity contribution in [2.45, 2.75) is 24.2 Å². The molecule has 0 aliphatic rings. The second-order valence-electron chi connectivity index (χ2n) is 2.80. The van der Waals surface area contributed by atoms with Crippen LogP contribution in [0, 0.1) is 0 Å². The van der Waals surface area contributed by atoms with Crippen LogP contribution in [-0.2, 0) is 5.11 Å². The molecule has 1 rings (SSSR count). The molecular weight excluding hydrogens is 182 g/mol. The van der Waals surface area contributed by atoms with E-state index in [2.05, 4.69) is 4.98 Å². The van der Waals surface area contributed by atoms with Crippen molar-refractivity contribution in [1.82, 2.24) is 4.98 Å². The maximum absolute atomic E-state index is 10.1. The summed E-state index contributed by atoms with van der Waals surface area (Å²) in [5, 5.41) is 10.1. The van der Waals surface area contributed by atoms with Gasteiger partial charge in [0, 0.05) is 17.3 Å². The van der Waals surface area contributed by atoms with Crippen LogP contribution in [-0.4, -0.2) is 17.3 Å². The first-order valence-electron chi connectivity index (χ1n) is 4.54. The van der Waals surface area contributed by atoms with E-state index in [1.54, 1.807) is 12.4 Å². The van der Waals surface area contributed by atoms with Gasteiger partial charge < -0.3 is 0 Å². The summed E-state index contributed by atoms with van der Waals surface area (Å²) >= 11 is 1.83. The fraction of sp³-hybridized carbons (Fsp3) is 0.500. The molecule has 0 saturated heterocycles.